The van der Waals surface area contributed by atoms with Crippen LogP contribution in [0.15, 0.2) is 48.5 Å². The molecule has 0 bridgehead atoms. The van der Waals surface area contributed by atoms with Crippen molar-refractivity contribution in [1.29, 1.82) is 0 Å². The molecule has 1 unspecified atom stereocenters. The molecule has 0 aromatic heterocycles. The van der Waals surface area contributed by atoms with Crippen molar-refractivity contribution in [3.05, 3.63) is 65.5 Å². The fourth-order valence-electron chi connectivity index (χ4n) is 3.80. The van der Waals surface area contributed by atoms with Gasteiger partial charge >= 0.3 is 0 Å². The molecule has 4 nitrogen and oxygen atoms in total. The molecule has 1 atom stereocenters. The molecule has 1 fully saturated rings. The highest BCUT2D eigenvalue weighted by Crippen LogP contribution is 2.30. The van der Waals surface area contributed by atoms with Gasteiger partial charge in [-0.2, -0.15) is 0 Å². The molecule has 5 heteroatoms. The zero-order valence-electron chi connectivity index (χ0n) is 17.3. The Morgan fingerprint density at radius 2 is 1.86 bits per heavy atom. The summed E-state index contributed by atoms with van der Waals surface area (Å²) in [6.07, 6.45) is 2.21. The summed E-state index contributed by atoms with van der Waals surface area (Å²) in [5.74, 6) is 0.212. The second-order valence-corrected chi connectivity index (χ2v) is 8.24. The molecule has 0 spiro atoms. The molecule has 1 aliphatic rings. The smallest absolute Gasteiger partial charge is 0.226 e. The predicted molar refractivity (Wildman–Crippen MR) is 114 cm³/mol. The summed E-state index contributed by atoms with van der Waals surface area (Å²) in [5.41, 5.74) is 2.91. The average Bonchev–Trinajstić information content (AvgIpc) is 2.73. The van der Waals surface area contributed by atoms with E-state index in [9.17, 15) is 14.3 Å². The van der Waals surface area contributed by atoms with Crippen molar-refractivity contribution in [3.63, 3.8) is 0 Å². The number of aliphatic hydroxyl groups excluding tert-OH is 1. The summed E-state index contributed by atoms with van der Waals surface area (Å²) < 4.78 is 13.0. The number of nitrogens with zero attached hydrogens (tertiary/aromatic N) is 1. The highest BCUT2D eigenvalue weighted by Gasteiger charge is 2.21. The third-order valence-corrected chi connectivity index (χ3v) is 5.71. The van der Waals surface area contributed by atoms with Gasteiger partial charge in [-0.3, -0.25) is 4.79 Å². The van der Waals surface area contributed by atoms with Gasteiger partial charge in [-0.05, 0) is 73.7 Å². The Balaban J connectivity index is 1.48. The molecule has 156 valence electrons. The highest BCUT2D eigenvalue weighted by molar-refractivity contribution is 5.92. The maximum atomic E-state index is 13.0. The Kier molecular flexibility index (Phi) is 7.40. The Bertz CT molecular complexity index is 799. The number of amides is 1. The van der Waals surface area contributed by atoms with E-state index in [-0.39, 0.29) is 17.6 Å². The first-order valence-electron chi connectivity index (χ1n) is 10.5. The monoisotopic (exact) mass is 398 g/mol. The van der Waals surface area contributed by atoms with Crippen molar-refractivity contribution in [2.24, 2.45) is 5.92 Å². The van der Waals surface area contributed by atoms with E-state index in [1.165, 1.54) is 17.7 Å². The molecule has 1 saturated heterocycles. The molecule has 3 rings (SSSR count). The first-order valence-corrected chi connectivity index (χ1v) is 10.5. The Hall–Kier alpha value is -2.24. The minimum atomic E-state index is -0.561. The van der Waals surface area contributed by atoms with Gasteiger partial charge in [0.1, 0.15) is 5.82 Å². The average molecular weight is 399 g/mol. The molecular formula is C24H31FN2O2. The number of benzene rings is 2. The van der Waals surface area contributed by atoms with Gasteiger partial charge in [-0.1, -0.05) is 38.1 Å². The number of nitrogens with one attached hydrogen (secondary N) is 1. The number of carbonyl (C=O) groups is 1. The van der Waals surface area contributed by atoms with Crippen LogP contribution < -0.4 is 5.32 Å². The van der Waals surface area contributed by atoms with Crippen LogP contribution in [0.5, 0.6) is 0 Å². The van der Waals surface area contributed by atoms with Crippen LogP contribution in [-0.4, -0.2) is 35.5 Å². The predicted octanol–water partition coefficient (Wildman–Crippen LogP) is 4.72. The number of hydrogen-bond donors (Lipinski definition) is 2. The van der Waals surface area contributed by atoms with E-state index in [0.29, 0.717) is 12.3 Å². The van der Waals surface area contributed by atoms with Gasteiger partial charge in [0.15, 0.2) is 0 Å². The zero-order valence-corrected chi connectivity index (χ0v) is 17.3. The lowest BCUT2D eigenvalue weighted by Gasteiger charge is -2.32. The lowest BCUT2D eigenvalue weighted by Crippen LogP contribution is -2.34. The van der Waals surface area contributed by atoms with Crippen molar-refractivity contribution in [2.45, 2.75) is 45.1 Å². The molecular weight excluding hydrogens is 367 g/mol. The summed E-state index contributed by atoms with van der Waals surface area (Å²) >= 11 is 0. The van der Waals surface area contributed by atoms with Crippen LogP contribution in [0.1, 0.15) is 56.3 Å². The standard InChI is InChI=1S/C24H31FN2O2/c1-17(2)24(29)26-22-5-3-4-20(16-22)18-10-13-27(14-11-18)15-12-23(28)19-6-8-21(25)9-7-19/h3-9,16-18,23,28H,10-15H2,1-2H3,(H,26,29). The number of likely N-dealkylation sites (tertiary alicyclic amines) is 1. The van der Waals surface area contributed by atoms with Crippen molar-refractivity contribution in [1.82, 2.24) is 4.90 Å². The van der Waals surface area contributed by atoms with Crippen molar-refractivity contribution in [3.8, 4) is 0 Å². The highest BCUT2D eigenvalue weighted by atomic mass is 19.1. The first kappa shape index (κ1) is 21.5. The quantitative estimate of drug-likeness (QED) is 0.709. The Morgan fingerprint density at radius 3 is 2.52 bits per heavy atom. The van der Waals surface area contributed by atoms with Gasteiger partial charge in [-0.25, -0.2) is 4.39 Å². The van der Waals surface area contributed by atoms with Gasteiger partial charge in [-0.15, -0.1) is 0 Å². The van der Waals surface area contributed by atoms with Crippen LogP contribution in [0.3, 0.4) is 0 Å². The van der Waals surface area contributed by atoms with E-state index < -0.39 is 6.10 Å². The van der Waals surface area contributed by atoms with Crippen LogP contribution in [0, 0.1) is 11.7 Å². The second kappa shape index (κ2) is 9.99. The Labute approximate surface area is 172 Å². The van der Waals surface area contributed by atoms with Crippen molar-refractivity contribution < 1.29 is 14.3 Å². The molecule has 1 heterocycles. The molecule has 1 amide bonds. The van der Waals surface area contributed by atoms with Gasteiger partial charge < -0.3 is 15.3 Å². The van der Waals surface area contributed by atoms with E-state index in [1.807, 2.05) is 26.0 Å². The number of hydrogen-bond acceptors (Lipinski definition) is 3. The van der Waals surface area contributed by atoms with Crippen LogP contribution in [0.4, 0.5) is 10.1 Å². The summed E-state index contributed by atoms with van der Waals surface area (Å²) in [6, 6.07) is 14.3. The maximum Gasteiger partial charge on any atom is 0.226 e. The fraction of sp³-hybridized carbons (Fsp3) is 0.458. The third-order valence-electron chi connectivity index (χ3n) is 5.71. The molecule has 2 aromatic carbocycles. The molecule has 0 aliphatic carbocycles. The van der Waals surface area contributed by atoms with Crippen molar-refractivity contribution in [2.75, 3.05) is 25.0 Å². The number of carbonyl (C=O) groups excluding carboxylic acids is 1. The van der Waals surface area contributed by atoms with E-state index >= 15 is 0 Å². The van der Waals surface area contributed by atoms with E-state index in [4.69, 9.17) is 0 Å². The van der Waals surface area contributed by atoms with Crippen LogP contribution in [0.2, 0.25) is 0 Å². The number of anilines is 1. The fourth-order valence-corrected chi connectivity index (χ4v) is 3.80. The molecule has 0 radical (unpaired) electrons. The summed E-state index contributed by atoms with van der Waals surface area (Å²) in [5, 5.41) is 13.3. The van der Waals surface area contributed by atoms with E-state index in [1.54, 1.807) is 12.1 Å². The lowest BCUT2D eigenvalue weighted by atomic mass is 9.89. The van der Waals surface area contributed by atoms with E-state index in [0.717, 1.165) is 43.7 Å². The van der Waals surface area contributed by atoms with Gasteiger partial charge in [0, 0.05) is 18.2 Å². The van der Waals surface area contributed by atoms with Crippen LogP contribution in [0.25, 0.3) is 0 Å². The van der Waals surface area contributed by atoms with Gasteiger partial charge in [0.2, 0.25) is 5.91 Å². The lowest BCUT2D eigenvalue weighted by molar-refractivity contribution is -0.118. The first-order chi connectivity index (χ1) is 13.9. The number of piperidine rings is 1. The molecule has 1 aliphatic heterocycles. The SMILES string of the molecule is CC(C)C(=O)Nc1cccc(C2CCN(CCC(O)c3ccc(F)cc3)CC2)c1. The molecule has 2 N–H and O–H groups in total. The third kappa shape index (κ3) is 6.12. The number of rotatable bonds is 7. The minimum absolute atomic E-state index is 0.0350. The Morgan fingerprint density at radius 1 is 1.17 bits per heavy atom. The zero-order chi connectivity index (χ0) is 20.8. The largest absolute Gasteiger partial charge is 0.388 e. The normalized spacial score (nSPS) is 16.7. The molecule has 0 saturated carbocycles. The summed E-state index contributed by atoms with van der Waals surface area (Å²) in [4.78, 5) is 14.3. The molecule has 29 heavy (non-hydrogen) atoms. The summed E-state index contributed by atoms with van der Waals surface area (Å²) in [7, 11) is 0. The van der Waals surface area contributed by atoms with E-state index in [2.05, 4.69) is 22.3 Å². The van der Waals surface area contributed by atoms with Crippen molar-refractivity contribution >= 4 is 11.6 Å². The number of halogens is 1. The molecule has 2 aromatic rings. The minimum Gasteiger partial charge on any atom is -0.388 e. The van der Waals surface area contributed by atoms with Gasteiger partial charge in [0.05, 0.1) is 6.10 Å². The van der Waals surface area contributed by atoms with Crippen LogP contribution >= 0.6 is 0 Å². The maximum absolute atomic E-state index is 13.0. The van der Waals surface area contributed by atoms with Crippen LogP contribution in [-0.2, 0) is 4.79 Å². The van der Waals surface area contributed by atoms with Gasteiger partial charge in [0.25, 0.3) is 0 Å². The number of aliphatic hydroxyl groups is 1. The topological polar surface area (TPSA) is 52.6 Å². The second-order valence-electron chi connectivity index (χ2n) is 8.24. The summed E-state index contributed by atoms with van der Waals surface area (Å²) in [6.45, 7) is 6.59.